The Bertz CT molecular complexity index is 1010. The van der Waals surface area contributed by atoms with Crippen molar-refractivity contribution in [3.05, 3.63) is 65.9 Å². The fourth-order valence-corrected chi connectivity index (χ4v) is 3.79. The SMILES string of the molecule is COc1ccccc1N1CCN(C(=O)c2c(-c3ccccc3)noc2[C@H](C)O)CC1. The molecule has 156 valence electrons. The molecule has 1 saturated heterocycles. The van der Waals surface area contributed by atoms with Gasteiger partial charge in [0.2, 0.25) is 0 Å². The normalized spacial score (nSPS) is 15.2. The molecule has 1 aliphatic heterocycles. The zero-order valence-corrected chi connectivity index (χ0v) is 17.1. The smallest absolute Gasteiger partial charge is 0.259 e. The summed E-state index contributed by atoms with van der Waals surface area (Å²) in [5, 5.41) is 14.2. The zero-order valence-electron chi connectivity index (χ0n) is 17.1. The Hall–Kier alpha value is -3.32. The zero-order chi connectivity index (χ0) is 21.1. The molecule has 0 unspecified atom stereocenters. The summed E-state index contributed by atoms with van der Waals surface area (Å²) in [7, 11) is 1.66. The number of carbonyl (C=O) groups excluding carboxylic acids is 1. The van der Waals surface area contributed by atoms with Gasteiger partial charge in [0.1, 0.15) is 23.1 Å². The van der Waals surface area contributed by atoms with Gasteiger partial charge in [-0.3, -0.25) is 4.79 Å². The Balaban J connectivity index is 1.57. The first kappa shape index (κ1) is 20.0. The highest BCUT2D eigenvalue weighted by atomic mass is 16.5. The number of benzene rings is 2. The number of aliphatic hydroxyl groups excluding tert-OH is 1. The van der Waals surface area contributed by atoms with Crippen LogP contribution in [-0.2, 0) is 0 Å². The van der Waals surface area contributed by atoms with Gasteiger partial charge in [-0.2, -0.15) is 0 Å². The van der Waals surface area contributed by atoms with Crippen LogP contribution in [0.25, 0.3) is 11.3 Å². The summed E-state index contributed by atoms with van der Waals surface area (Å²) in [6.45, 7) is 4.04. The molecule has 0 radical (unpaired) electrons. The molecule has 0 spiro atoms. The molecule has 3 aromatic rings. The molecule has 0 saturated carbocycles. The number of aromatic nitrogens is 1. The van der Waals surface area contributed by atoms with Crippen LogP contribution in [0.3, 0.4) is 0 Å². The van der Waals surface area contributed by atoms with Gasteiger partial charge in [-0.15, -0.1) is 0 Å². The fraction of sp³-hybridized carbons (Fsp3) is 0.304. The lowest BCUT2D eigenvalue weighted by molar-refractivity contribution is 0.0735. The number of para-hydroxylation sites is 2. The number of nitrogens with zero attached hydrogens (tertiary/aromatic N) is 3. The molecule has 1 amide bonds. The first-order valence-electron chi connectivity index (χ1n) is 10.0. The Kier molecular flexibility index (Phi) is 5.72. The molecule has 30 heavy (non-hydrogen) atoms. The molecular weight excluding hydrogens is 382 g/mol. The lowest BCUT2D eigenvalue weighted by Gasteiger charge is -2.36. The van der Waals surface area contributed by atoms with E-state index in [1.54, 1.807) is 18.9 Å². The van der Waals surface area contributed by atoms with Gasteiger partial charge >= 0.3 is 0 Å². The number of piperazine rings is 1. The Morgan fingerprint density at radius 3 is 2.40 bits per heavy atom. The Morgan fingerprint density at radius 2 is 1.73 bits per heavy atom. The van der Waals surface area contributed by atoms with Crippen LogP contribution in [0.5, 0.6) is 5.75 Å². The van der Waals surface area contributed by atoms with Crippen LogP contribution in [0, 0.1) is 0 Å². The van der Waals surface area contributed by atoms with E-state index in [2.05, 4.69) is 10.1 Å². The summed E-state index contributed by atoms with van der Waals surface area (Å²) >= 11 is 0. The van der Waals surface area contributed by atoms with Crippen LogP contribution in [0.1, 0.15) is 29.1 Å². The summed E-state index contributed by atoms with van der Waals surface area (Å²) in [6.07, 6.45) is -0.927. The maximum Gasteiger partial charge on any atom is 0.259 e. The third kappa shape index (κ3) is 3.76. The number of anilines is 1. The molecule has 2 heterocycles. The van der Waals surface area contributed by atoms with Gasteiger partial charge < -0.3 is 24.2 Å². The molecule has 1 aromatic heterocycles. The second-order valence-corrected chi connectivity index (χ2v) is 7.26. The minimum Gasteiger partial charge on any atom is -0.495 e. The van der Waals surface area contributed by atoms with Crippen molar-refractivity contribution in [2.24, 2.45) is 0 Å². The van der Waals surface area contributed by atoms with Gasteiger partial charge in [-0.1, -0.05) is 47.6 Å². The van der Waals surface area contributed by atoms with E-state index in [-0.39, 0.29) is 11.7 Å². The van der Waals surface area contributed by atoms with Crippen LogP contribution in [-0.4, -0.2) is 54.4 Å². The van der Waals surface area contributed by atoms with Crippen LogP contribution in [0.15, 0.2) is 59.1 Å². The lowest BCUT2D eigenvalue weighted by atomic mass is 10.0. The Labute approximate surface area is 175 Å². The number of amides is 1. The highest BCUT2D eigenvalue weighted by Crippen LogP contribution is 2.32. The molecule has 7 heteroatoms. The third-order valence-electron chi connectivity index (χ3n) is 5.35. The van der Waals surface area contributed by atoms with Crippen molar-refractivity contribution in [3.8, 4) is 17.0 Å². The van der Waals surface area contributed by atoms with Crippen LogP contribution < -0.4 is 9.64 Å². The first-order valence-corrected chi connectivity index (χ1v) is 10.0. The second kappa shape index (κ2) is 8.59. The first-order chi connectivity index (χ1) is 14.6. The van der Waals surface area contributed by atoms with Gasteiger partial charge in [0, 0.05) is 31.7 Å². The van der Waals surface area contributed by atoms with E-state index in [4.69, 9.17) is 9.26 Å². The molecule has 0 aliphatic carbocycles. The van der Waals surface area contributed by atoms with Crippen molar-refractivity contribution in [2.75, 3.05) is 38.2 Å². The Morgan fingerprint density at radius 1 is 1.07 bits per heavy atom. The molecule has 1 N–H and O–H groups in total. The predicted octanol–water partition coefficient (Wildman–Crippen LogP) is 3.37. The quantitative estimate of drug-likeness (QED) is 0.699. The lowest BCUT2D eigenvalue weighted by Crippen LogP contribution is -2.49. The summed E-state index contributed by atoms with van der Waals surface area (Å²) in [5.74, 6) is 0.843. The number of rotatable bonds is 5. The van der Waals surface area contributed by atoms with Crippen molar-refractivity contribution in [2.45, 2.75) is 13.0 Å². The summed E-state index contributed by atoms with van der Waals surface area (Å²) < 4.78 is 10.8. The van der Waals surface area contributed by atoms with Gasteiger partial charge in [-0.25, -0.2) is 0 Å². The molecule has 4 rings (SSSR count). The highest BCUT2D eigenvalue weighted by Gasteiger charge is 2.31. The number of aliphatic hydroxyl groups is 1. The molecule has 7 nitrogen and oxygen atoms in total. The van der Waals surface area contributed by atoms with Crippen LogP contribution >= 0.6 is 0 Å². The average molecular weight is 407 g/mol. The monoisotopic (exact) mass is 407 g/mol. The van der Waals surface area contributed by atoms with Crippen LogP contribution in [0.2, 0.25) is 0 Å². The third-order valence-corrected chi connectivity index (χ3v) is 5.35. The maximum atomic E-state index is 13.4. The van der Waals surface area contributed by atoms with E-state index in [1.165, 1.54) is 0 Å². The topological polar surface area (TPSA) is 79.0 Å². The van der Waals surface area contributed by atoms with Gasteiger partial charge in [0.05, 0.1) is 12.8 Å². The summed E-state index contributed by atoms with van der Waals surface area (Å²) in [5.41, 5.74) is 2.60. The van der Waals surface area contributed by atoms with Crippen molar-refractivity contribution in [3.63, 3.8) is 0 Å². The molecule has 0 bridgehead atoms. The molecular formula is C23H25N3O4. The van der Waals surface area contributed by atoms with E-state index in [9.17, 15) is 9.90 Å². The summed E-state index contributed by atoms with van der Waals surface area (Å²) in [6, 6.07) is 17.3. The average Bonchev–Trinajstić information content (AvgIpc) is 3.25. The van der Waals surface area contributed by atoms with E-state index in [0.29, 0.717) is 37.4 Å². The highest BCUT2D eigenvalue weighted by molar-refractivity contribution is 6.01. The molecule has 1 aliphatic rings. The van der Waals surface area contributed by atoms with E-state index < -0.39 is 6.10 Å². The van der Waals surface area contributed by atoms with Gasteiger partial charge in [-0.05, 0) is 19.1 Å². The molecule has 1 atom stereocenters. The number of methoxy groups -OCH3 is 1. The second-order valence-electron chi connectivity index (χ2n) is 7.26. The number of ether oxygens (including phenoxy) is 1. The predicted molar refractivity (Wildman–Crippen MR) is 114 cm³/mol. The van der Waals surface area contributed by atoms with Crippen molar-refractivity contribution < 1.29 is 19.2 Å². The van der Waals surface area contributed by atoms with Gasteiger partial charge in [0.25, 0.3) is 5.91 Å². The van der Waals surface area contributed by atoms with Gasteiger partial charge in [0.15, 0.2) is 5.76 Å². The number of hydrogen-bond acceptors (Lipinski definition) is 6. The molecule has 1 fully saturated rings. The molecule has 2 aromatic carbocycles. The van der Waals surface area contributed by atoms with Crippen LogP contribution in [0.4, 0.5) is 5.69 Å². The van der Waals surface area contributed by atoms with Crippen molar-refractivity contribution in [1.82, 2.24) is 10.1 Å². The number of hydrogen-bond donors (Lipinski definition) is 1. The minimum absolute atomic E-state index is 0.175. The standard InChI is InChI=1S/C23H25N3O4/c1-16(27)22-20(21(24-30-22)17-8-4-3-5-9-17)23(28)26-14-12-25(13-15-26)18-10-6-7-11-19(18)29-2/h3-11,16,27H,12-15H2,1-2H3/t16-/m0/s1. The minimum atomic E-state index is -0.927. The maximum absolute atomic E-state index is 13.4. The van der Waals surface area contributed by atoms with E-state index in [0.717, 1.165) is 17.0 Å². The summed E-state index contributed by atoms with van der Waals surface area (Å²) in [4.78, 5) is 17.4. The van der Waals surface area contributed by atoms with E-state index in [1.807, 2.05) is 54.6 Å². The van der Waals surface area contributed by atoms with Crippen molar-refractivity contribution in [1.29, 1.82) is 0 Å². The number of carbonyl (C=O) groups is 1. The van der Waals surface area contributed by atoms with Crippen molar-refractivity contribution >= 4 is 11.6 Å². The van der Waals surface area contributed by atoms with E-state index >= 15 is 0 Å². The largest absolute Gasteiger partial charge is 0.495 e. The fourth-order valence-electron chi connectivity index (χ4n) is 3.79.